The van der Waals surface area contributed by atoms with Crippen LogP contribution in [0.1, 0.15) is 12.0 Å². The summed E-state index contributed by atoms with van der Waals surface area (Å²) in [5.74, 6) is -2.84. The number of amides is 1. The molecule has 8 heteroatoms. The second-order valence-corrected chi connectivity index (χ2v) is 5.84. The van der Waals surface area contributed by atoms with Crippen molar-refractivity contribution in [1.29, 1.82) is 0 Å². The second-order valence-electron chi connectivity index (χ2n) is 5.40. The highest BCUT2D eigenvalue weighted by molar-refractivity contribution is 6.30. The molecule has 7 nitrogen and oxygen atoms in total. The van der Waals surface area contributed by atoms with Gasteiger partial charge in [-0.2, -0.15) is 0 Å². The summed E-state index contributed by atoms with van der Waals surface area (Å²) in [5.41, 5.74) is 0.967. The normalized spacial score (nSPS) is 11.6. The third-order valence-corrected chi connectivity index (χ3v) is 3.77. The van der Waals surface area contributed by atoms with E-state index in [-0.39, 0.29) is 18.5 Å². The molecule has 0 radical (unpaired) electrons. The second kappa shape index (κ2) is 8.25. The molecule has 0 heterocycles. The fourth-order valence-electron chi connectivity index (χ4n) is 2.25. The van der Waals surface area contributed by atoms with Crippen molar-refractivity contribution in [1.82, 2.24) is 0 Å². The van der Waals surface area contributed by atoms with Crippen molar-refractivity contribution in [3.8, 4) is 0 Å². The smallest absolute Gasteiger partial charge is 0.269 e. The van der Waals surface area contributed by atoms with Gasteiger partial charge in [-0.25, -0.2) is 0 Å². The van der Waals surface area contributed by atoms with E-state index in [4.69, 9.17) is 11.6 Å². The van der Waals surface area contributed by atoms with Crippen LogP contribution in [0.5, 0.6) is 0 Å². The van der Waals surface area contributed by atoms with Crippen LogP contribution in [0.2, 0.25) is 5.02 Å². The maximum atomic E-state index is 12.0. The third-order valence-electron chi connectivity index (χ3n) is 3.52. The van der Waals surface area contributed by atoms with E-state index in [1.807, 2.05) is 0 Å². The van der Waals surface area contributed by atoms with Gasteiger partial charge in [-0.05, 0) is 36.2 Å². The number of non-ortho nitro benzene ring substituents is 1. The maximum Gasteiger partial charge on any atom is 0.269 e. The molecule has 1 amide bonds. The Morgan fingerprint density at radius 3 is 2.20 bits per heavy atom. The van der Waals surface area contributed by atoms with E-state index in [9.17, 15) is 24.8 Å². The van der Waals surface area contributed by atoms with Gasteiger partial charge >= 0.3 is 0 Å². The van der Waals surface area contributed by atoms with Crippen LogP contribution in [0.15, 0.2) is 48.5 Å². The van der Waals surface area contributed by atoms with Crippen LogP contribution >= 0.6 is 11.6 Å². The summed E-state index contributed by atoms with van der Waals surface area (Å²) in [4.78, 5) is 33.4. The van der Waals surface area contributed by atoms with Gasteiger partial charge in [0.15, 0.2) is 0 Å². The number of rotatable bonds is 7. The number of hydrogen-bond donors (Lipinski definition) is 1. The van der Waals surface area contributed by atoms with Gasteiger partial charge < -0.3 is 15.2 Å². The molecule has 0 unspecified atom stereocenters. The zero-order chi connectivity index (χ0) is 18.4. The predicted octanol–water partition coefficient (Wildman–Crippen LogP) is 2.19. The van der Waals surface area contributed by atoms with Crippen LogP contribution < -0.4 is 10.4 Å². The lowest BCUT2D eigenvalue weighted by Gasteiger charge is -2.18. The van der Waals surface area contributed by atoms with Crippen LogP contribution in [-0.2, 0) is 16.0 Å². The Morgan fingerprint density at radius 1 is 1.08 bits per heavy atom. The third kappa shape index (κ3) is 5.58. The molecule has 1 N–H and O–H groups in total. The van der Waals surface area contributed by atoms with E-state index in [1.54, 1.807) is 24.3 Å². The number of nitro benzene ring substituents is 1. The summed E-state index contributed by atoms with van der Waals surface area (Å²) < 4.78 is 0. The van der Waals surface area contributed by atoms with Gasteiger partial charge in [-0.1, -0.05) is 23.7 Å². The number of carbonyl (C=O) groups excluding carboxylic acids is 2. The maximum absolute atomic E-state index is 12.0. The van der Waals surface area contributed by atoms with Crippen molar-refractivity contribution >= 4 is 34.9 Å². The highest BCUT2D eigenvalue weighted by Crippen LogP contribution is 2.18. The molecule has 0 bridgehead atoms. The Kier molecular flexibility index (Phi) is 6.08. The molecular formula is C17H14ClN2O5-. The van der Waals surface area contributed by atoms with E-state index in [0.29, 0.717) is 10.7 Å². The molecule has 2 rings (SSSR count). The van der Waals surface area contributed by atoms with Crippen molar-refractivity contribution in [3.05, 3.63) is 69.2 Å². The summed E-state index contributed by atoms with van der Waals surface area (Å²) >= 11 is 5.78. The fraction of sp³-hybridized carbons (Fsp3) is 0.176. The SMILES string of the molecule is O=C(C[C@@H](Cc1ccc(Cl)cc1)C(=O)[O-])Nc1ccc([N+](=O)[O-])cc1. The molecule has 2 aromatic rings. The Bertz CT molecular complexity index is 775. The number of anilines is 1. The van der Waals surface area contributed by atoms with E-state index >= 15 is 0 Å². The Labute approximate surface area is 148 Å². The van der Waals surface area contributed by atoms with Gasteiger partial charge in [0.2, 0.25) is 5.91 Å². The Hall–Kier alpha value is -2.93. The monoisotopic (exact) mass is 361 g/mol. The van der Waals surface area contributed by atoms with E-state index in [2.05, 4.69) is 5.32 Å². The number of hydrogen-bond acceptors (Lipinski definition) is 5. The number of carbonyl (C=O) groups is 2. The van der Waals surface area contributed by atoms with Crippen molar-refractivity contribution in [3.63, 3.8) is 0 Å². The molecule has 0 fully saturated rings. The van der Waals surface area contributed by atoms with Gasteiger partial charge in [0, 0.05) is 41.2 Å². The summed E-state index contributed by atoms with van der Waals surface area (Å²) in [6, 6.07) is 11.9. The minimum atomic E-state index is -1.33. The predicted molar refractivity (Wildman–Crippen MR) is 90.0 cm³/mol. The number of carboxylic acid groups (broad SMARTS) is 1. The van der Waals surface area contributed by atoms with Crippen LogP contribution in [0.3, 0.4) is 0 Å². The first kappa shape index (κ1) is 18.4. The highest BCUT2D eigenvalue weighted by Gasteiger charge is 2.16. The fourth-order valence-corrected chi connectivity index (χ4v) is 2.37. The van der Waals surface area contributed by atoms with Crippen molar-refractivity contribution in [2.45, 2.75) is 12.8 Å². The molecule has 25 heavy (non-hydrogen) atoms. The lowest BCUT2D eigenvalue weighted by atomic mass is 9.96. The van der Waals surface area contributed by atoms with Crippen molar-refractivity contribution < 1.29 is 19.6 Å². The van der Waals surface area contributed by atoms with Gasteiger partial charge in [0.25, 0.3) is 5.69 Å². The molecular weight excluding hydrogens is 348 g/mol. The van der Waals surface area contributed by atoms with Gasteiger partial charge in [0.05, 0.1) is 4.92 Å². The number of nitrogens with zero attached hydrogens (tertiary/aromatic N) is 1. The number of aliphatic carboxylic acids is 1. The van der Waals surface area contributed by atoms with Crippen LogP contribution in [0.4, 0.5) is 11.4 Å². The molecule has 1 atom stereocenters. The number of benzene rings is 2. The first-order valence-corrected chi connectivity index (χ1v) is 7.72. The van der Waals surface area contributed by atoms with Crippen molar-refractivity contribution in [2.75, 3.05) is 5.32 Å². The first-order chi connectivity index (χ1) is 11.8. The van der Waals surface area contributed by atoms with Gasteiger partial charge in [-0.3, -0.25) is 14.9 Å². The van der Waals surface area contributed by atoms with Crippen molar-refractivity contribution in [2.24, 2.45) is 5.92 Å². The van der Waals surface area contributed by atoms with E-state index in [0.717, 1.165) is 5.56 Å². The standard InChI is InChI=1S/C17H15ClN2O5/c18-13-3-1-11(2-4-13)9-12(17(22)23)10-16(21)19-14-5-7-15(8-6-14)20(24)25/h1-8,12H,9-10H2,(H,19,21)(H,22,23)/p-1/t12-/m1/s1. The number of halogens is 1. The van der Waals surface area contributed by atoms with Gasteiger partial charge in [0.1, 0.15) is 0 Å². The van der Waals surface area contributed by atoms with Crippen LogP contribution in [0, 0.1) is 16.0 Å². The minimum Gasteiger partial charge on any atom is -0.550 e. The van der Waals surface area contributed by atoms with Crippen LogP contribution in [-0.4, -0.2) is 16.8 Å². The summed E-state index contributed by atoms with van der Waals surface area (Å²) in [7, 11) is 0. The molecule has 0 aliphatic heterocycles. The minimum absolute atomic E-state index is 0.103. The quantitative estimate of drug-likeness (QED) is 0.600. The highest BCUT2D eigenvalue weighted by atomic mass is 35.5. The molecule has 0 aliphatic rings. The number of carboxylic acids is 1. The molecule has 2 aromatic carbocycles. The lowest BCUT2D eigenvalue weighted by molar-refractivity contribution is -0.384. The molecule has 0 saturated carbocycles. The Morgan fingerprint density at radius 2 is 1.68 bits per heavy atom. The topological polar surface area (TPSA) is 112 Å². The average Bonchev–Trinajstić information content (AvgIpc) is 2.56. The largest absolute Gasteiger partial charge is 0.550 e. The summed E-state index contributed by atoms with van der Waals surface area (Å²) in [6.07, 6.45) is -0.144. The van der Waals surface area contributed by atoms with E-state index < -0.39 is 22.7 Å². The zero-order valence-electron chi connectivity index (χ0n) is 13.0. The molecule has 0 aliphatic carbocycles. The van der Waals surface area contributed by atoms with Gasteiger partial charge in [-0.15, -0.1) is 0 Å². The first-order valence-electron chi connectivity index (χ1n) is 7.35. The molecule has 0 aromatic heterocycles. The zero-order valence-corrected chi connectivity index (χ0v) is 13.7. The van der Waals surface area contributed by atoms with Crippen LogP contribution in [0.25, 0.3) is 0 Å². The summed E-state index contributed by atoms with van der Waals surface area (Å²) in [5, 5.41) is 24.9. The Balaban J connectivity index is 1.98. The molecule has 0 saturated heterocycles. The number of nitro groups is 1. The summed E-state index contributed by atoms with van der Waals surface area (Å²) in [6.45, 7) is 0. The molecule has 130 valence electrons. The molecule has 0 spiro atoms. The number of nitrogens with one attached hydrogen (secondary N) is 1. The average molecular weight is 362 g/mol. The lowest BCUT2D eigenvalue weighted by Crippen LogP contribution is -2.35. The van der Waals surface area contributed by atoms with E-state index in [1.165, 1.54) is 24.3 Å².